The van der Waals surface area contributed by atoms with Gasteiger partial charge in [-0.15, -0.1) is 0 Å². The topological polar surface area (TPSA) is 73.1 Å². The lowest BCUT2D eigenvalue weighted by atomic mass is 10.1. The van der Waals surface area contributed by atoms with Gasteiger partial charge in [0.15, 0.2) is 0 Å². The first-order chi connectivity index (χ1) is 10.8. The lowest BCUT2D eigenvalue weighted by Gasteiger charge is -2.24. The van der Waals surface area contributed by atoms with Crippen LogP contribution in [0.15, 0.2) is 30.7 Å². The Morgan fingerprint density at radius 2 is 2.32 bits per heavy atom. The molecule has 2 amide bonds. The molecule has 0 unspecified atom stereocenters. The molecule has 0 saturated heterocycles. The Morgan fingerprint density at radius 1 is 1.41 bits per heavy atom. The summed E-state index contributed by atoms with van der Waals surface area (Å²) in [6.07, 6.45) is 7.06. The molecule has 0 bridgehead atoms. The number of H-pyrrole nitrogens is 1. The number of carbonyl (C=O) groups is 1. The number of amides is 2. The van der Waals surface area contributed by atoms with Gasteiger partial charge in [0, 0.05) is 31.2 Å². The maximum absolute atomic E-state index is 11.5. The monoisotopic (exact) mass is 299 g/mol. The largest absolute Gasteiger partial charge is 0.365 e. The highest BCUT2D eigenvalue weighted by Gasteiger charge is 2.17. The van der Waals surface area contributed by atoms with Crippen molar-refractivity contribution in [2.45, 2.75) is 25.8 Å². The molecule has 0 spiro atoms. The lowest BCUT2D eigenvalue weighted by Crippen LogP contribution is -2.26. The molecule has 0 aliphatic carbocycles. The zero-order valence-electron chi connectivity index (χ0n) is 12.7. The molecule has 3 rings (SSSR count). The zero-order chi connectivity index (χ0) is 15.4. The van der Waals surface area contributed by atoms with Crippen molar-refractivity contribution >= 4 is 17.4 Å². The van der Waals surface area contributed by atoms with E-state index in [2.05, 4.69) is 37.6 Å². The Kier molecular flexibility index (Phi) is 4.27. The molecule has 116 valence electrons. The number of imidazole rings is 1. The van der Waals surface area contributed by atoms with E-state index in [-0.39, 0.29) is 6.03 Å². The van der Waals surface area contributed by atoms with E-state index in [9.17, 15) is 4.79 Å². The van der Waals surface area contributed by atoms with E-state index in [0.717, 1.165) is 37.3 Å². The number of nitrogens with one attached hydrogen (secondary N) is 3. The van der Waals surface area contributed by atoms with Crippen LogP contribution in [0.25, 0.3) is 0 Å². The van der Waals surface area contributed by atoms with Crippen molar-refractivity contribution in [3.8, 4) is 0 Å². The van der Waals surface area contributed by atoms with Crippen LogP contribution in [-0.4, -0.2) is 29.6 Å². The van der Waals surface area contributed by atoms with Crippen molar-refractivity contribution in [3.05, 3.63) is 42.0 Å². The molecule has 1 aliphatic heterocycles. The van der Waals surface area contributed by atoms with E-state index >= 15 is 0 Å². The highest BCUT2D eigenvalue weighted by atomic mass is 16.2. The Bertz CT molecular complexity index is 638. The molecule has 22 heavy (non-hydrogen) atoms. The summed E-state index contributed by atoms with van der Waals surface area (Å²) in [7, 11) is 1.61. The number of rotatable bonds is 3. The molecular weight excluding hydrogens is 278 g/mol. The van der Waals surface area contributed by atoms with Gasteiger partial charge in [0.1, 0.15) is 0 Å². The number of aromatic nitrogens is 2. The summed E-state index contributed by atoms with van der Waals surface area (Å²) in [6.45, 7) is 1.78. The molecule has 2 aromatic rings. The van der Waals surface area contributed by atoms with Crippen molar-refractivity contribution in [2.24, 2.45) is 0 Å². The fourth-order valence-corrected chi connectivity index (χ4v) is 2.82. The van der Waals surface area contributed by atoms with Crippen LogP contribution >= 0.6 is 0 Å². The SMILES string of the molecule is CNC(=O)Nc1ccc2c(c1)N(Cc1c[nH]cn1)CCCC2. The third-order valence-corrected chi connectivity index (χ3v) is 3.94. The number of urea groups is 1. The molecule has 1 aromatic heterocycles. The molecule has 3 N–H and O–H groups in total. The first kappa shape index (κ1) is 14.4. The van der Waals surface area contributed by atoms with Gasteiger partial charge in [-0.05, 0) is 37.0 Å². The van der Waals surface area contributed by atoms with Crippen molar-refractivity contribution in [2.75, 3.05) is 23.8 Å². The fourth-order valence-electron chi connectivity index (χ4n) is 2.82. The second kappa shape index (κ2) is 6.51. The van der Waals surface area contributed by atoms with E-state index in [1.807, 2.05) is 12.3 Å². The van der Waals surface area contributed by atoms with Gasteiger partial charge in [-0.3, -0.25) is 0 Å². The number of fused-ring (bicyclic) bond motifs is 1. The normalized spacial score (nSPS) is 14.1. The predicted molar refractivity (Wildman–Crippen MR) is 87.1 cm³/mol. The van der Waals surface area contributed by atoms with Crippen LogP contribution < -0.4 is 15.5 Å². The van der Waals surface area contributed by atoms with Crippen LogP contribution in [0.4, 0.5) is 16.2 Å². The number of hydrogen-bond donors (Lipinski definition) is 3. The van der Waals surface area contributed by atoms with Gasteiger partial charge in [0.2, 0.25) is 0 Å². The highest BCUT2D eigenvalue weighted by Crippen LogP contribution is 2.30. The molecule has 0 radical (unpaired) electrons. The number of aryl methyl sites for hydroxylation is 1. The van der Waals surface area contributed by atoms with E-state index in [0.29, 0.717) is 0 Å². The highest BCUT2D eigenvalue weighted by molar-refractivity contribution is 5.89. The van der Waals surface area contributed by atoms with Crippen LogP contribution in [0, 0.1) is 0 Å². The summed E-state index contributed by atoms with van der Waals surface area (Å²) in [4.78, 5) is 21.2. The number of nitrogens with zero attached hydrogens (tertiary/aromatic N) is 2. The third-order valence-electron chi connectivity index (χ3n) is 3.94. The van der Waals surface area contributed by atoms with Gasteiger partial charge in [-0.25, -0.2) is 9.78 Å². The van der Waals surface area contributed by atoms with E-state index < -0.39 is 0 Å². The number of benzene rings is 1. The Hall–Kier alpha value is -2.50. The minimum atomic E-state index is -0.201. The summed E-state index contributed by atoms with van der Waals surface area (Å²) in [6, 6.07) is 5.94. The van der Waals surface area contributed by atoms with Crippen LogP contribution in [-0.2, 0) is 13.0 Å². The van der Waals surface area contributed by atoms with Crippen molar-refractivity contribution in [3.63, 3.8) is 0 Å². The summed E-state index contributed by atoms with van der Waals surface area (Å²) in [5, 5.41) is 5.42. The molecular formula is C16H21N5O. The van der Waals surface area contributed by atoms with Gasteiger partial charge >= 0.3 is 6.03 Å². The number of aromatic amines is 1. The molecule has 1 aromatic carbocycles. The first-order valence-corrected chi connectivity index (χ1v) is 7.60. The van der Waals surface area contributed by atoms with E-state index in [1.54, 1.807) is 13.4 Å². The summed E-state index contributed by atoms with van der Waals surface area (Å²) < 4.78 is 0. The molecule has 0 saturated carbocycles. The fraction of sp³-hybridized carbons (Fsp3) is 0.375. The minimum Gasteiger partial charge on any atom is -0.365 e. The number of anilines is 2. The third kappa shape index (κ3) is 3.21. The van der Waals surface area contributed by atoms with Gasteiger partial charge < -0.3 is 20.5 Å². The summed E-state index contributed by atoms with van der Waals surface area (Å²) in [5.74, 6) is 0. The first-order valence-electron chi connectivity index (χ1n) is 7.60. The van der Waals surface area contributed by atoms with E-state index in [4.69, 9.17) is 0 Å². The quantitative estimate of drug-likeness (QED) is 0.815. The Morgan fingerprint density at radius 3 is 3.09 bits per heavy atom. The maximum Gasteiger partial charge on any atom is 0.318 e. The second-order valence-electron chi connectivity index (χ2n) is 5.49. The van der Waals surface area contributed by atoms with Gasteiger partial charge in [0.25, 0.3) is 0 Å². The van der Waals surface area contributed by atoms with E-state index in [1.165, 1.54) is 17.7 Å². The molecule has 2 heterocycles. The standard InChI is InChI=1S/C16H21N5O/c1-17-16(22)20-13-6-5-12-4-2-3-7-21(15(12)8-13)10-14-9-18-11-19-14/h5-6,8-9,11H,2-4,7,10H2,1H3,(H,18,19)(H2,17,20,22). The van der Waals surface area contributed by atoms with Crippen molar-refractivity contribution < 1.29 is 4.79 Å². The number of hydrogen-bond acceptors (Lipinski definition) is 3. The van der Waals surface area contributed by atoms with Gasteiger partial charge in [-0.1, -0.05) is 6.07 Å². The van der Waals surface area contributed by atoms with Crippen molar-refractivity contribution in [1.82, 2.24) is 15.3 Å². The molecule has 6 heteroatoms. The molecule has 0 atom stereocenters. The zero-order valence-corrected chi connectivity index (χ0v) is 12.7. The van der Waals surface area contributed by atoms with Crippen LogP contribution in [0.3, 0.4) is 0 Å². The molecule has 6 nitrogen and oxygen atoms in total. The Balaban J connectivity index is 1.87. The minimum absolute atomic E-state index is 0.201. The lowest BCUT2D eigenvalue weighted by molar-refractivity contribution is 0.254. The summed E-state index contributed by atoms with van der Waals surface area (Å²) in [5.41, 5.74) is 4.36. The molecule has 0 fully saturated rings. The molecule has 1 aliphatic rings. The van der Waals surface area contributed by atoms with Gasteiger partial charge in [0.05, 0.1) is 18.6 Å². The average Bonchev–Trinajstić information content (AvgIpc) is 2.96. The van der Waals surface area contributed by atoms with Crippen LogP contribution in [0.1, 0.15) is 24.1 Å². The predicted octanol–water partition coefficient (Wildman–Crippen LogP) is 2.50. The second-order valence-corrected chi connectivity index (χ2v) is 5.49. The maximum atomic E-state index is 11.5. The van der Waals surface area contributed by atoms with Crippen LogP contribution in [0.2, 0.25) is 0 Å². The average molecular weight is 299 g/mol. The number of carbonyl (C=O) groups excluding carboxylic acids is 1. The Labute approximate surface area is 129 Å². The smallest absolute Gasteiger partial charge is 0.318 e. The summed E-state index contributed by atoms with van der Waals surface area (Å²) >= 11 is 0. The van der Waals surface area contributed by atoms with Gasteiger partial charge in [-0.2, -0.15) is 0 Å². The van der Waals surface area contributed by atoms with Crippen LogP contribution in [0.5, 0.6) is 0 Å². The van der Waals surface area contributed by atoms with Crippen molar-refractivity contribution in [1.29, 1.82) is 0 Å².